The van der Waals surface area contributed by atoms with Gasteiger partial charge in [0.2, 0.25) is 0 Å². The van der Waals surface area contributed by atoms with Crippen LogP contribution in [0.2, 0.25) is 0 Å². The molecule has 1 heteroatoms. The minimum Gasteiger partial charge on any atom is -0.300 e. The van der Waals surface area contributed by atoms with Gasteiger partial charge in [-0.1, -0.05) is 30.3 Å². The molecule has 0 N–H and O–H groups in total. The number of benzene rings is 1. The molecule has 1 nitrogen and oxygen atoms in total. The van der Waals surface area contributed by atoms with Gasteiger partial charge in [0.15, 0.2) is 0 Å². The fourth-order valence-corrected chi connectivity index (χ4v) is 2.56. The summed E-state index contributed by atoms with van der Waals surface area (Å²) in [4.78, 5) is 11.2. The molecule has 0 saturated heterocycles. The van der Waals surface area contributed by atoms with Crippen molar-refractivity contribution in [1.29, 1.82) is 0 Å². The zero-order chi connectivity index (χ0) is 10.7. The third-order valence-electron chi connectivity index (χ3n) is 3.57. The van der Waals surface area contributed by atoms with Crippen molar-refractivity contribution in [2.24, 2.45) is 5.92 Å². The standard InChI is InChI=1S/C14H18O/c1-11(15)12-7-9-14(10-8-12)13-5-3-2-4-6-13/h2-6,12,14H,7-10H2,1H3. The van der Waals surface area contributed by atoms with Gasteiger partial charge in [-0.15, -0.1) is 0 Å². The van der Waals surface area contributed by atoms with Gasteiger partial charge in [0.05, 0.1) is 0 Å². The summed E-state index contributed by atoms with van der Waals surface area (Å²) in [6.07, 6.45) is 4.51. The second-order valence-corrected chi connectivity index (χ2v) is 4.57. The minimum absolute atomic E-state index is 0.338. The molecule has 0 radical (unpaired) electrons. The van der Waals surface area contributed by atoms with Crippen molar-refractivity contribution in [3.05, 3.63) is 35.9 Å². The number of carbonyl (C=O) groups is 1. The molecule has 0 unspecified atom stereocenters. The van der Waals surface area contributed by atoms with Gasteiger partial charge in [-0.25, -0.2) is 0 Å². The summed E-state index contributed by atoms with van der Waals surface area (Å²) in [6, 6.07) is 10.7. The molecule has 0 atom stereocenters. The van der Waals surface area contributed by atoms with Crippen LogP contribution in [-0.4, -0.2) is 5.78 Å². The summed E-state index contributed by atoms with van der Waals surface area (Å²) in [5, 5.41) is 0. The molecule has 80 valence electrons. The Balaban J connectivity index is 1.97. The van der Waals surface area contributed by atoms with E-state index in [2.05, 4.69) is 30.3 Å². The van der Waals surface area contributed by atoms with Crippen molar-refractivity contribution in [3.8, 4) is 0 Å². The van der Waals surface area contributed by atoms with E-state index in [4.69, 9.17) is 0 Å². The number of ketones is 1. The van der Waals surface area contributed by atoms with Crippen molar-refractivity contribution < 1.29 is 4.79 Å². The Labute approximate surface area is 91.5 Å². The van der Waals surface area contributed by atoms with Crippen LogP contribution in [0.4, 0.5) is 0 Å². The summed E-state index contributed by atoms with van der Waals surface area (Å²) >= 11 is 0. The molecule has 0 heterocycles. The predicted molar refractivity (Wildman–Crippen MR) is 61.8 cm³/mol. The Morgan fingerprint density at radius 1 is 1.07 bits per heavy atom. The van der Waals surface area contributed by atoms with Gasteiger partial charge in [-0.2, -0.15) is 0 Å². The lowest BCUT2D eigenvalue weighted by molar-refractivity contribution is -0.121. The summed E-state index contributed by atoms with van der Waals surface area (Å²) in [5.74, 6) is 1.40. The second kappa shape index (κ2) is 4.61. The topological polar surface area (TPSA) is 17.1 Å². The van der Waals surface area contributed by atoms with E-state index < -0.39 is 0 Å². The van der Waals surface area contributed by atoms with Crippen LogP contribution < -0.4 is 0 Å². The maximum atomic E-state index is 11.2. The van der Waals surface area contributed by atoms with E-state index in [-0.39, 0.29) is 0 Å². The van der Waals surface area contributed by atoms with Gasteiger partial charge in [0, 0.05) is 5.92 Å². The Bertz CT molecular complexity index is 320. The highest BCUT2D eigenvalue weighted by molar-refractivity contribution is 5.78. The number of rotatable bonds is 2. The van der Waals surface area contributed by atoms with E-state index in [0.717, 1.165) is 12.8 Å². The Morgan fingerprint density at radius 2 is 1.67 bits per heavy atom. The van der Waals surface area contributed by atoms with Crippen LogP contribution in [0.5, 0.6) is 0 Å². The molecule has 1 aromatic rings. The van der Waals surface area contributed by atoms with E-state index in [0.29, 0.717) is 17.6 Å². The highest BCUT2D eigenvalue weighted by Crippen LogP contribution is 2.35. The molecule has 0 bridgehead atoms. The van der Waals surface area contributed by atoms with Gasteiger partial charge in [-0.05, 0) is 44.1 Å². The van der Waals surface area contributed by atoms with Crippen LogP contribution in [0.1, 0.15) is 44.1 Å². The Kier molecular flexibility index (Phi) is 3.20. The smallest absolute Gasteiger partial charge is 0.132 e. The molecule has 0 aromatic heterocycles. The highest BCUT2D eigenvalue weighted by Gasteiger charge is 2.24. The largest absolute Gasteiger partial charge is 0.300 e. The van der Waals surface area contributed by atoms with Gasteiger partial charge >= 0.3 is 0 Å². The van der Waals surface area contributed by atoms with Gasteiger partial charge in [0.1, 0.15) is 5.78 Å². The van der Waals surface area contributed by atoms with Crippen LogP contribution in [-0.2, 0) is 4.79 Å². The first kappa shape index (κ1) is 10.4. The molecule has 0 spiro atoms. The maximum Gasteiger partial charge on any atom is 0.132 e. The lowest BCUT2D eigenvalue weighted by Crippen LogP contribution is -2.18. The third-order valence-corrected chi connectivity index (χ3v) is 3.57. The Hall–Kier alpha value is -1.11. The third kappa shape index (κ3) is 2.47. The first-order valence-corrected chi connectivity index (χ1v) is 5.83. The lowest BCUT2D eigenvalue weighted by atomic mass is 9.77. The summed E-state index contributed by atoms with van der Waals surface area (Å²) < 4.78 is 0. The number of hydrogen-bond donors (Lipinski definition) is 0. The quantitative estimate of drug-likeness (QED) is 0.716. The molecular formula is C14H18O. The minimum atomic E-state index is 0.338. The molecule has 1 fully saturated rings. The van der Waals surface area contributed by atoms with Crippen molar-refractivity contribution in [1.82, 2.24) is 0 Å². The summed E-state index contributed by atoms with van der Waals surface area (Å²) in [5.41, 5.74) is 1.44. The van der Waals surface area contributed by atoms with Gasteiger partial charge in [-0.3, -0.25) is 4.79 Å². The average molecular weight is 202 g/mol. The molecule has 1 aromatic carbocycles. The van der Waals surface area contributed by atoms with Crippen molar-refractivity contribution in [3.63, 3.8) is 0 Å². The molecule has 1 saturated carbocycles. The molecular weight excluding hydrogens is 184 g/mol. The first-order chi connectivity index (χ1) is 7.27. The molecule has 1 aliphatic carbocycles. The van der Waals surface area contributed by atoms with E-state index in [1.165, 1.54) is 18.4 Å². The fourth-order valence-electron chi connectivity index (χ4n) is 2.56. The van der Waals surface area contributed by atoms with Crippen LogP contribution in [0, 0.1) is 5.92 Å². The van der Waals surface area contributed by atoms with Crippen molar-refractivity contribution >= 4 is 5.78 Å². The van der Waals surface area contributed by atoms with E-state index in [1.807, 2.05) is 0 Å². The predicted octanol–water partition coefficient (Wildman–Crippen LogP) is 3.55. The van der Waals surface area contributed by atoms with Crippen LogP contribution in [0.3, 0.4) is 0 Å². The zero-order valence-electron chi connectivity index (χ0n) is 9.28. The Morgan fingerprint density at radius 3 is 2.20 bits per heavy atom. The fraction of sp³-hybridized carbons (Fsp3) is 0.500. The molecule has 15 heavy (non-hydrogen) atoms. The number of carbonyl (C=O) groups excluding carboxylic acids is 1. The SMILES string of the molecule is CC(=O)C1CCC(c2ccccc2)CC1. The maximum absolute atomic E-state index is 11.2. The lowest BCUT2D eigenvalue weighted by Gasteiger charge is -2.27. The number of Topliss-reactive ketones (excluding diaryl/α,β-unsaturated/α-hetero) is 1. The highest BCUT2D eigenvalue weighted by atomic mass is 16.1. The number of hydrogen-bond acceptors (Lipinski definition) is 1. The first-order valence-electron chi connectivity index (χ1n) is 5.83. The molecule has 0 aliphatic heterocycles. The van der Waals surface area contributed by atoms with Gasteiger partial charge in [0.25, 0.3) is 0 Å². The summed E-state index contributed by atoms with van der Waals surface area (Å²) in [6.45, 7) is 1.73. The van der Waals surface area contributed by atoms with Gasteiger partial charge < -0.3 is 0 Å². The molecule has 1 aliphatic rings. The zero-order valence-corrected chi connectivity index (χ0v) is 9.28. The molecule has 0 amide bonds. The van der Waals surface area contributed by atoms with Crippen LogP contribution >= 0.6 is 0 Å². The van der Waals surface area contributed by atoms with E-state index in [9.17, 15) is 4.79 Å². The molecule has 2 rings (SSSR count). The monoisotopic (exact) mass is 202 g/mol. The van der Waals surface area contributed by atoms with Crippen LogP contribution in [0.25, 0.3) is 0 Å². The normalized spacial score (nSPS) is 26.2. The summed E-state index contributed by atoms with van der Waals surface area (Å²) in [7, 11) is 0. The van der Waals surface area contributed by atoms with E-state index in [1.54, 1.807) is 6.92 Å². The van der Waals surface area contributed by atoms with E-state index >= 15 is 0 Å². The average Bonchev–Trinajstić information content (AvgIpc) is 2.30. The second-order valence-electron chi connectivity index (χ2n) is 4.57. The van der Waals surface area contributed by atoms with Crippen molar-refractivity contribution in [2.75, 3.05) is 0 Å². The van der Waals surface area contributed by atoms with Crippen LogP contribution in [0.15, 0.2) is 30.3 Å². The van der Waals surface area contributed by atoms with Crippen molar-refractivity contribution in [2.45, 2.75) is 38.5 Å².